The highest BCUT2D eigenvalue weighted by molar-refractivity contribution is 5.96. The molecule has 0 bridgehead atoms. The van der Waals surface area contributed by atoms with Gasteiger partial charge in [-0.2, -0.15) is 0 Å². The lowest BCUT2D eigenvalue weighted by Crippen LogP contribution is -2.43. The fraction of sp³-hybridized carbons (Fsp3) is 0.318. The van der Waals surface area contributed by atoms with E-state index < -0.39 is 18.0 Å². The summed E-state index contributed by atoms with van der Waals surface area (Å²) >= 11 is 0. The number of carbonyl (C=O) groups excluding carboxylic acids is 2. The average molecular weight is 428 g/mol. The summed E-state index contributed by atoms with van der Waals surface area (Å²) in [6.45, 7) is 2.35. The van der Waals surface area contributed by atoms with Gasteiger partial charge in [-0.3, -0.25) is 9.59 Å². The van der Waals surface area contributed by atoms with Crippen LogP contribution in [0.3, 0.4) is 0 Å². The van der Waals surface area contributed by atoms with Gasteiger partial charge in [0, 0.05) is 18.2 Å². The number of para-hydroxylation sites is 2. The van der Waals surface area contributed by atoms with Gasteiger partial charge in [0.1, 0.15) is 11.8 Å². The Morgan fingerprint density at radius 1 is 1.06 bits per heavy atom. The van der Waals surface area contributed by atoms with Crippen molar-refractivity contribution in [3.05, 3.63) is 48.5 Å². The number of benzene rings is 2. The van der Waals surface area contributed by atoms with E-state index in [-0.39, 0.29) is 18.7 Å². The molecular formula is C22H28N4O5. The number of carboxylic acid groups (broad SMARTS) is 1. The molecule has 2 rings (SSSR count). The third kappa shape index (κ3) is 8.25. The Balaban J connectivity index is 1.84. The molecule has 166 valence electrons. The lowest BCUT2D eigenvalue weighted by molar-refractivity contribution is -0.118. The number of unbranched alkanes of at least 4 members (excludes halogenated alkanes) is 1. The molecular weight excluding hydrogens is 400 g/mol. The van der Waals surface area contributed by atoms with Crippen LogP contribution in [-0.2, 0) is 9.59 Å². The van der Waals surface area contributed by atoms with Crippen molar-refractivity contribution in [1.82, 2.24) is 5.32 Å². The number of ether oxygens (including phenoxy) is 1. The standard InChI is InChI=1S/C22H28N4O5/c1-2-31-16-9-7-8-15(14-16)24-21(28)19(26-22(29)30)12-5-6-13-20(27)25-18-11-4-3-10-17(18)23/h3-4,7-11,14,19,26H,2,5-6,12-13,23H2,1H3,(H,24,28)(H,25,27)(H,29,30). The van der Waals surface area contributed by atoms with Crippen LogP contribution < -0.4 is 26.4 Å². The zero-order chi connectivity index (χ0) is 22.6. The molecule has 0 aliphatic carbocycles. The van der Waals surface area contributed by atoms with Gasteiger partial charge >= 0.3 is 6.09 Å². The molecule has 0 aliphatic rings. The van der Waals surface area contributed by atoms with Crippen LogP contribution in [0.15, 0.2) is 48.5 Å². The second-order valence-corrected chi connectivity index (χ2v) is 6.83. The molecule has 31 heavy (non-hydrogen) atoms. The Labute approximate surface area is 181 Å². The molecule has 9 heteroatoms. The number of amides is 3. The summed E-state index contributed by atoms with van der Waals surface area (Å²) in [7, 11) is 0. The third-order valence-electron chi connectivity index (χ3n) is 4.41. The summed E-state index contributed by atoms with van der Waals surface area (Å²) < 4.78 is 5.40. The van der Waals surface area contributed by atoms with Crippen molar-refractivity contribution >= 4 is 35.0 Å². The fourth-order valence-corrected chi connectivity index (χ4v) is 2.94. The number of nitrogens with one attached hydrogen (secondary N) is 3. The molecule has 1 unspecified atom stereocenters. The maximum atomic E-state index is 12.6. The first-order valence-corrected chi connectivity index (χ1v) is 10.1. The first kappa shape index (κ1) is 23.5. The molecule has 0 aliphatic heterocycles. The van der Waals surface area contributed by atoms with Gasteiger partial charge in [0.2, 0.25) is 11.8 Å². The average Bonchev–Trinajstić information content (AvgIpc) is 2.72. The van der Waals surface area contributed by atoms with E-state index in [1.807, 2.05) is 6.92 Å². The normalized spacial score (nSPS) is 11.3. The van der Waals surface area contributed by atoms with E-state index in [0.29, 0.717) is 42.3 Å². The van der Waals surface area contributed by atoms with Crippen molar-refractivity contribution in [2.45, 2.75) is 38.6 Å². The lowest BCUT2D eigenvalue weighted by Gasteiger charge is -2.17. The minimum Gasteiger partial charge on any atom is -0.494 e. The molecule has 0 radical (unpaired) electrons. The number of nitrogens with two attached hydrogens (primary N) is 1. The molecule has 0 saturated carbocycles. The highest BCUT2D eigenvalue weighted by Crippen LogP contribution is 2.19. The second-order valence-electron chi connectivity index (χ2n) is 6.83. The van der Waals surface area contributed by atoms with Crippen molar-refractivity contribution < 1.29 is 24.2 Å². The maximum Gasteiger partial charge on any atom is 0.405 e. The van der Waals surface area contributed by atoms with Crippen LogP contribution in [0.4, 0.5) is 21.9 Å². The largest absolute Gasteiger partial charge is 0.494 e. The number of hydrogen-bond donors (Lipinski definition) is 5. The topological polar surface area (TPSA) is 143 Å². The van der Waals surface area contributed by atoms with Crippen LogP contribution >= 0.6 is 0 Å². The fourth-order valence-electron chi connectivity index (χ4n) is 2.94. The predicted octanol–water partition coefficient (Wildman–Crippen LogP) is 3.44. The molecule has 2 aromatic carbocycles. The number of carbonyl (C=O) groups is 3. The molecule has 3 amide bonds. The molecule has 2 aromatic rings. The third-order valence-corrected chi connectivity index (χ3v) is 4.41. The summed E-state index contributed by atoms with van der Waals surface area (Å²) in [5, 5.41) is 16.7. The summed E-state index contributed by atoms with van der Waals surface area (Å²) in [6.07, 6.45) is 0.162. The van der Waals surface area contributed by atoms with Crippen LogP contribution in [-0.4, -0.2) is 35.7 Å². The smallest absolute Gasteiger partial charge is 0.405 e. The summed E-state index contributed by atoms with van der Waals surface area (Å²) in [6, 6.07) is 12.9. The monoisotopic (exact) mass is 428 g/mol. The van der Waals surface area contributed by atoms with Crippen molar-refractivity contribution in [2.24, 2.45) is 0 Å². The van der Waals surface area contributed by atoms with Gasteiger partial charge in [-0.05, 0) is 44.0 Å². The van der Waals surface area contributed by atoms with Crippen molar-refractivity contribution in [1.29, 1.82) is 0 Å². The van der Waals surface area contributed by atoms with E-state index in [1.54, 1.807) is 48.5 Å². The molecule has 0 aromatic heterocycles. The molecule has 9 nitrogen and oxygen atoms in total. The van der Waals surface area contributed by atoms with E-state index in [1.165, 1.54) is 0 Å². The highest BCUT2D eigenvalue weighted by atomic mass is 16.5. The Bertz CT molecular complexity index is 903. The van der Waals surface area contributed by atoms with Gasteiger partial charge in [0.25, 0.3) is 0 Å². The lowest BCUT2D eigenvalue weighted by atomic mass is 10.1. The number of anilines is 3. The van der Waals surface area contributed by atoms with Gasteiger partial charge in [-0.25, -0.2) is 4.79 Å². The zero-order valence-electron chi connectivity index (χ0n) is 17.4. The van der Waals surface area contributed by atoms with Crippen molar-refractivity contribution in [3.8, 4) is 5.75 Å². The van der Waals surface area contributed by atoms with Crippen LogP contribution in [0.25, 0.3) is 0 Å². The number of rotatable bonds is 11. The Kier molecular flexibility index (Phi) is 9.15. The van der Waals surface area contributed by atoms with Gasteiger partial charge in [0.15, 0.2) is 0 Å². The Hall–Kier alpha value is -3.75. The zero-order valence-corrected chi connectivity index (χ0v) is 17.4. The molecule has 0 fully saturated rings. The van der Waals surface area contributed by atoms with E-state index in [4.69, 9.17) is 15.6 Å². The van der Waals surface area contributed by atoms with Gasteiger partial charge < -0.3 is 31.5 Å². The summed E-state index contributed by atoms with van der Waals surface area (Å²) in [4.78, 5) is 35.7. The second kappa shape index (κ2) is 12.1. The van der Waals surface area contributed by atoms with E-state index in [2.05, 4.69) is 16.0 Å². The first-order valence-electron chi connectivity index (χ1n) is 10.1. The molecule has 1 atom stereocenters. The highest BCUT2D eigenvalue weighted by Gasteiger charge is 2.20. The van der Waals surface area contributed by atoms with Crippen molar-refractivity contribution in [2.75, 3.05) is 23.0 Å². The van der Waals surface area contributed by atoms with E-state index in [9.17, 15) is 14.4 Å². The van der Waals surface area contributed by atoms with Gasteiger partial charge in [-0.1, -0.05) is 24.6 Å². The van der Waals surface area contributed by atoms with Crippen LogP contribution in [0.2, 0.25) is 0 Å². The molecule has 0 heterocycles. The number of hydrogen-bond acceptors (Lipinski definition) is 5. The maximum absolute atomic E-state index is 12.6. The summed E-state index contributed by atoms with van der Waals surface area (Å²) in [5.74, 6) is -0.0662. The minimum atomic E-state index is -1.29. The van der Waals surface area contributed by atoms with Gasteiger partial charge in [-0.15, -0.1) is 0 Å². The van der Waals surface area contributed by atoms with E-state index >= 15 is 0 Å². The molecule has 0 saturated heterocycles. The Morgan fingerprint density at radius 3 is 2.55 bits per heavy atom. The first-order chi connectivity index (χ1) is 14.9. The van der Waals surface area contributed by atoms with E-state index in [0.717, 1.165) is 0 Å². The minimum absolute atomic E-state index is 0.196. The van der Waals surface area contributed by atoms with Crippen LogP contribution in [0.1, 0.15) is 32.6 Å². The van der Waals surface area contributed by atoms with Crippen LogP contribution in [0, 0.1) is 0 Å². The molecule has 0 spiro atoms. The molecule has 6 N–H and O–H groups in total. The predicted molar refractivity (Wildman–Crippen MR) is 119 cm³/mol. The number of nitrogen functional groups attached to an aromatic ring is 1. The van der Waals surface area contributed by atoms with Gasteiger partial charge in [0.05, 0.1) is 18.0 Å². The Morgan fingerprint density at radius 2 is 1.84 bits per heavy atom. The summed E-state index contributed by atoms with van der Waals surface area (Å²) in [5.41, 5.74) is 7.34. The SMILES string of the molecule is CCOc1cccc(NC(=O)C(CCCCC(=O)Nc2ccccc2N)NC(=O)O)c1. The quantitative estimate of drug-likeness (QED) is 0.274. The van der Waals surface area contributed by atoms with Crippen LogP contribution in [0.5, 0.6) is 5.75 Å². The van der Waals surface area contributed by atoms with Crippen molar-refractivity contribution in [3.63, 3.8) is 0 Å².